The van der Waals surface area contributed by atoms with Crippen LogP contribution in [0.3, 0.4) is 0 Å². The number of nitrogens with zero attached hydrogens (tertiary/aromatic N) is 2. The van der Waals surface area contributed by atoms with Crippen LogP contribution >= 0.6 is 0 Å². The summed E-state index contributed by atoms with van der Waals surface area (Å²) in [5.74, 6) is 0.712. The Morgan fingerprint density at radius 2 is 2.17 bits per heavy atom. The Balaban J connectivity index is 3.02. The Kier molecular flexibility index (Phi) is 3.02. The number of hydrogen-bond donors (Lipinski definition) is 0. The molecule has 12 heavy (non-hydrogen) atoms. The molecule has 3 nitrogen and oxygen atoms in total. The SMILES string of the molecule is CCCc1c(C)ncnc1OC. The first-order chi connectivity index (χ1) is 5.79. The molecule has 0 saturated heterocycles. The smallest absolute Gasteiger partial charge is 0.219 e. The highest BCUT2D eigenvalue weighted by molar-refractivity contribution is 5.28. The topological polar surface area (TPSA) is 35.0 Å². The molecule has 1 aromatic heterocycles. The van der Waals surface area contributed by atoms with Crippen molar-refractivity contribution in [3.63, 3.8) is 0 Å². The van der Waals surface area contributed by atoms with Crippen molar-refractivity contribution in [2.24, 2.45) is 0 Å². The van der Waals surface area contributed by atoms with Gasteiger partial charge in [-0.2, -0.15) is 0 Å². The van der Waals surface area contributed by atoms with Crippen LogP contribution in [0.1, 0.15) is 24.6 Å². The molecule has 0 aromatic carbocycles. The van der Waals surface area contributed by atoms with E-state index in [0.717, 1.165) is 24.1 Å². The summed E-state index contributed by atoms with van der Waals surface area (Å²) in [6.07, 6.45) is 3.60. The van der Waals surface area contributed by atoms with E-state index in [1.165, 1.54) is 6.33 Å². The van der Waals surface area contributed by atoms with Gasteiger partial charge in [-0.05, 0) is 13.3 Å². The van der Waals surface area contributed by atoms with Crippen LogP contribution in [0.4, 0.5) is 0 Å². The van der Waals surface area contributed by atoms with Crippen molar-refractivity contribution >= 4 is 0 Å². The summed E-state index contributed by atoms with van der Waals surface area (Å²) in [5, 5.41) is 0. The Morgan fingerprint density at radius 3 is 2.75 bits per heavy atom. The van der Waals surface area contributed by atoms with Crippen LogP contribution in [-0.2, 0) is 6.42 Å². The number of ether oxygens (including phenoxy) is 1. The second-order valence-corrected chi connectivity index (χ2v) is 2.70. The predicted octanol–water partition coefficient (Wildman–Crippen LogP) is 1.75. The fourth-order valence-corrected chi connectivity index (χ4v) is 1.19. The minimum absolute atomic E-state index is 0.712. The lowest BCUT2D eigenvalue weighted by Crippen LogP contribution is -1.99. The van der Waals surface area contributed by atoms with E-state index in [0.29, 0.717) is 5.88 Å². The first kappa shape index (κ1) is 8.97. The largest absolute Gasteiger partial charge is 0.481 e. The van der Waals surface area contributed by atoms with Gasteiger partial charge in [0.2, 0.25) is 5.88 Å². The minimum atomic E-state index is 0.712. The molecule has 0 aliphatic heterocycles. The first-order valence-corrected chi connectivity index (χ1v) is 4.14. The van der Waals surface area contributed by atoms with Gasteiger partial charge in [-0.15, -0.1) is 0 Å². The molecule has 0 radical (unpaired) electrons. The second-order valence-electron chi connectivity index (χ2n) is 2.70. The van der Waals surface area contributed by atoms with E-state index in [4.69, 9.17) is 4.74 Å². The third-order valence-corrected chi connectivity index (χ3v) is 1.81. The van der Waals surface area contributed by atoms with E-state index < -0.39 is 0 Å². The van der Waals surface area contributed by atoms with Gasteiger partial charge in [0, 0.05) is 11.3 Å². The summed E-state index contributed by atoms with van der Waals surface area (Å²) >= 11 is 0. The third kappa shape index (κ3) is 1.72. The van der Waals surface area contributed by atoms with Crippen molar-refractivity contribution < 1.29 is 4.74 Å². The van der Waals surface area contributed by atoms with Crippen LogP contribution in [0.15, 0.2) is 6.33 Å². The minimum Gasteiger partial charge on any atom is -0.481 e. The zero-order valence-corrected chi connectivity index (χ0v) is 7.79. The van der Waals surface area contributed by atoms with Crippen LogP contribution in [-0.4, -0.2) is 17.1 Å². The van der Waals surface area contributed by atoms with Crippen LogP contribution in [0.25, 0.3) is 0 Å². The average Bonchev–Trinajstić information content (AvgIpc) is 2.09. The van der Waals surface area contributed by atoms with E-state index in [-0.39, 0.29) is 0 Å². The highest BCUT2D eigenvalue weighted by Crippen LogP contribution is 2.17. The molecular formula is C9H14N2O. The number of hydrogen-bond acceptors (Lipinski definition) is 3. The van der Waals surface area contributed by atoms with Gasteiger partial charge in [-0.25, -0.2) is 9.97 Å². The fourth-order valence-electron chi connectivity index (χ4n) is 1.19. The van der Waals surface area contributed by atoms with Crippen LogP contribution in [0, 0.1) is 6.92 Å². The van der Waals surface area contributed by atoms with E-state index >= 15 is 0 Å². The third-order valence-electron chi connectivity index (χ3n) is 1.81. The molecule has 0 saturated carbocycles. The highest BCUT2D eigenvalue weighted by Gasteiger charge is 2.06. The molecular weight excluding hydrogens is 152 g/mol. The maximum Gasteiger partial charge on any atom is 0.219 e. The second kappa shape index (κ2) is 4.04. The molecule has 0 fully saturated rings. The van der Waals surface area contributed by atoms with Crippen molar-refractivity contribution in [3.8, 4) is 5.88 Å². The molecule has 66 valence electrons. The molecule has 0 unspecified atom stereocenters. The summed E-state index contributed by atoms with van der Waals surface area (Å²) < 4.78 is 5.13. The monoisotopic (exact) mass is 166 g/mol. The normalized spacial score (nSPS) is 9.92. The Hall–Kier alpha value is -1.12. The van der Waals surface area contributed by atoms with Gasteiger partial charge in [0.15, 0.2) is 0 Å². The number of aryl methyl sites for hydroxylation is 1. The first-order valence-electron chi connectivity index (χ1n) is 4.14. The van der Waals surface area contributed by atoms with Crippen LogP contribution in [0.5, 0.6) is 5.88 Å². The van der Waals surface area contributed by atoms with Gasteiger partial charge < -0.3 is 4.74 Å². The molecule has 0 atom stereocenters. The Labute approximate surface area is 72.8 Å². The Bertz CT molecular complexity index is 261. The van der Waals surface area contributed by atoms with Gasteiger partial charge in [-0.3, -0.25) is 0 Å². The summed E-state index contributed by atoms with van der Waals surface area (Å²) in [6.45, 7) is 4.11. The quantitative estimate of drug-likeness (QED) is 0.686. The van der Waals surface area contributed by atoms with Gasteiger partial charge in [0.25, 0.3) is 0 Å². The molecule has 0 N–H and O–H groups in total. The molecule has 3 heteroatoms. The van der Waals surface area contributed by atoms with Crippen molar-refractivity contribution in [1.29, 1.82) is 0 Å². The summed E-state index contributed by atoms with van der Waals surface area (Å²) in [7, 11) is 1.64. The van der Waals surface area contributed by atoms with E-state index in [9.17, 15) is 0 Å². The van der Waals surface area contributed by atoms with Crippen LogP contribution < -0.4 is 4.74 Å². The fraction of sp³-hybridized carbons (Fsp3) is 0.556. The molecule has 1 aromatic rings. The maximum atomic E-state index is 5.13. The molecule has 0 spiro atoms. The molecule has 0 bridgehead atoms. The lowest BCUT2D eigenvalue weighted by Gasteiger charge is -2.07. The Morgan fingerprint density at radius 1 is 1.42 bits per heavy atom. The van der Waals surface area contributed by atoms with E-state index in [1.54, 1.807) is 7.11 Å². The zero-order valence-electron chi connectivity index (χ0n) is 7.79. The zero-order chi connectivity index (χ0) is 8.97. The van der Waals surface area contributed by atoms with Gasteiger partial charge in [-0.1, -0.05) is 13.3 Å². The van der Waals surface area contributed by atoms with Gasteiger partial charge in [0.05, 0.1) is 7.11 Å². The molecule has 1 heterocycles. The average molecular weight is 166 g/mol. The lowest BCUT2D eigenvalue weighted by atomic mass is 10.1. The van der Waals surface area contributed by atoms with Crippen molar-refractivity contribution in [1.82, 2.24) is 9.97 Å². The van der Waals surface area contributed by atoms with Gasteiger partial charge >= 0.3 is 0 Å². The molecule has 0 aliphatic rings. The number of methoxy groups -OCH3 is 1. The van der Waals surface area contributed by atoms with E-state index in [1.807, 2.05) is 6.92 Å². The summed E-state index contributed by atoms with van der Waals surface area (Å²) in [4.78, 5) is 8.16. The standard InChI is InChI=1S/C9H14N2O/c1-4-5-8-7(2)10-6-11-9(8)12-3/h6H,4-5H2,1-3H3. The number of rotatable bonds is 3. The lowest BCUT2D eigenvalue weighted by molar-refractivity contribution is 0.390. The van der Waals surface area contributed by atoms with Crippen molar-refractivity contribution in [3.05, 3.63) is 17.6 Å². The van der Waals surface area contributed by atoms with Crippen LogP contribution in [0.2, 0.25) is 0 Å². The molecule has 0 amide bonds. The molecule has 0 aliphatic carbocycles. The summed E-state index contributed by atoms with van der Waals surface area (Å²) in [6, 6.07) is 0. The summed E-state index contributed by atoms with van der Waals surface area (Å²) in [5.41, 5.74) is 2.14. The predicted molar refractivity (Wildman–Crippen MR) is 47.3 cm³/mol. The molecule has 1 rings (SSSR count). The maximum absolute atomic E-state index is 5.13. The van der Waals surface area contributed by atoms with Crippen molar-refractivity contribution in [2.75, 3.05) is 7.11 Å². The van der Waals surface area contributed by atoms with Gasteiger partial charge in [0.1, 0.15) is 6.33 Å². The van der Waals surface area contributed by atoms with E-state index in [2.05, 4.69) is 16.9 Å². The number of aromatic nitrogens is 2. The van der Waals surface area contributed by atoms with Crippen molar-refractivity contribution in [2.45, 2.75) is 26.7 Å². The highest BCUT2D eigenvalue weighted by atomic mass is 16.5.